The molecule has 0 amide bonds. The highest BCUT2D eigenvalue weighted by atomic mass is 19.4. The molecule has 25 heavy (non-hydrogen) atoms. The maximum Gasteiger partial charge on any atom is 0.416 e. The normalized spacial score (nSPS) is 11.6. The molecule has 0 aliphatic carbocycles. The van der Waals surface area contributed by atoms with Crippen molar-refractivity contribution in [3.63, 3.8) is 0 Å². The average Bonchev–Trinajstić information content (AvgIpc) is 3.05. The first-order chi connectivity index (χ1) is 11.8. The Morgan fingerprint density at radius 1 is 0.960 bits per heavy atom. The lowest BCUT2D eigenvalue weighted by molar-refractivity contribution is -0.138. The maximum absolute atomic E-state index is 13.9. The summed E-state index contributed by atoms with van der Waals surface area (Å²) in [5.41, 5.74) is -0.262. The summed E-state index contributed by atoms with van der Waals surface area (Å²) in [6.45, 7) is 1.65. The summed E-state index contributed by atoms with van der Waals surface area (Å²) in [7, 11) is 0. The Morgan fingerprint density at radius 2 is 1.64 bits per heavy atom. The van der Waals surface area contributed by atoms with Gasteiger partial charge < -0.3 is 9.15 Å². The SMILES string of the molecule is Cc1c(Oc2c(F)cc(C(F)(F)F)cc2F)cccc1-c1ccco1. The molecule has 2 aromatic carbocycles. The van der Waals surface area contributed by atoms with Crippen LogP contribution in [0, 0.1) is 18.6 Å². The van der Waals surface area contributed by atoms with Gasteiger partial charge in [-0.05, 0) is 37.3 Å². The van der Waals surface area contributed by atoms with Gasteiger partial charge in [-0.15, -0.1) is 0 Å². The lowest BCUT2D eigenvalue weighted by Crippen LogP contribution is -2.07. The van der Waals surface area contributed by atoms with Crippen LogP contribution in [-0.4, -0.2) is 0 Å². The molecule has 0 bridgehead atoms. The third-order valence-electron chi connectivity index (χ3n) is 3.61. The Hall–Kier alpha value is -2.83. The number of rotatable bonds is 3. The molecular formula is C18H11F5O2. The highest BCUT2D eigenvalue weighted by molar-refractivity contribution is 5.65. The topological polar surface area (TPSA) is 22.4 Å². The van der Waals surface area contributed by atoms with E-state index < -0.39 is 29.1 Å². The minimum atomic E-state index is -4.85. The van der Waals surface area contributed by atoms with Crippen LogP contribution < -0.4 is 4.74 Å². The van der Waals surface area contributed by atoms with Crippen molar-refractivity contribution in [1.82, 2.24) is 0 Å². The molecule has 130 valence electrons. The van der Waals surface area contributed by atoms with Crippen LogP contribution in [0.5, 0.6) is 11.5 Å². The molecule has 1 heterocycles. The van der Waals surface area contributed by atoms with Crippen LogP contribution in [-0.2, 0) is 6.18 Å². The van der Waals surface area contributed by atoms with E-state index in [-0.39, 0.29) is 17.9 Å². The number of halogens is 5. The van der Waals surface area contributed by atoms with Crippen LogP contribution in [0.25, 0.3) is 11.3 Å². The van der Waals surface area contributed by atoms with Crippen molar-refractivity contribution >= 4 is 0 Å². The summed E-state index contributed by atoms with van der Waals surface area (Å²) in [4.78, 5) is 0. The van der Waals surface area contributed by atoms with E-state index in [2.05, 4.69) is 0 Å². The van der Waals surface area contributed by atoms with Gasteiger partial charge in [0.15, 0.2) is 17.4 Å². The molecule has 0 radical (unpaired) electrons. The summed E-state index contributed by atoms with van der Waals surface area (Å²) in [6, 6.07) is 8.54. The Morgan fingerprint density at radius 3 is 2.20 bits per heavy atom. The molecule has 3 aromatic rings. The van der Waals surface area contributed by atoms with Gasteiger partial charge in [0.05, 0.1) is 11.8 Å². The molecule has 0 aliphatic rings. The number of hydrogen-bond acceptors (Lipinski definition) is 2. The summed E-state index contributed by atoms with van der Waals surface area (Å²) in [5.74, 6) is -3.14. The van der Waals surface area contributed by atoms with Crippen molar-refractivity contribution < 1.29 is 31.1 Å². The largest absolute Gasteiger partial charge is 0.464 e. The van der Waals surface area contributed by atoms with E-state index in [9.17, 15) is 22.0 Å². The van der Waals surface area contributed by atoms with Crippen LogP contribution in [0.4, 0.5) is 22.0 Å². The van der Waals surface area contributed by atoms with Crippen molar-refractivity contribution in [2.45, 2.75) is 13.1 Å². The van der Waals surface area contributed by atoms with E-state index >= 15 is 0 Å². The van der Waals surface area contributed by atoms with E-state index in [0.29, 0.717) is 16.9 Å². The zero-order valence-electron chi connectivity index (χ0n) is 12.8. The van der Waals surface area contributed by atoms with E-state index in [1.54, 1.807) is 31.2 Å². The molecule has 0 saturated carbocycles. The molecule has 1 aromatic heterocycles. The lowest BCUT2D eigenvalue weighted by Gasteiger charge is -2.14. The summed E-state index contributed by atoms with van der Waals surface area (Å²) in [6.07, 6.45) is -3.38. The fourth-order valence-electron chi connectivity index (χ4n) is 2.35. The zero-order valence-corrected chi connectivity index (χ0v) is 12.8. The predicted molar refractivity (Wildman–Crippen MR) is 80.3 cm³/mol. The van der Waals surface area contributed by atoms with Crippen molar-refractivity contribution in [3.05, 3.63) is 71.5 Å². The Balaban J connectivity index is 2.00. The van der Waals surface area contributed by atoms with Gasteiger partial charge >= 0.3 is 6.18 Å². The second-order valence-electron chi connectivity index (χ2n) is 5.27. The van der Waals surface area contributed by atoms with Gasteiger partial charge in [0.1, 0.15) is 11.5 Å². The average molecular weight is 354 g/mol. The van der Waals surface area contributed by atoms with E-state index in [0.717, 1.165) is 0 Å². The minimum Gasteiger partial charge on any atom is -0.464 e. The van der Waals surface area contributed by atoms with Crippen molar-refractivity contribution in [3.8, 4) is 22.8 Å². The highest BCUT2D eigenvalue weighted by Gasteiger charge is 2.33. The van der Waals surface area contributed by atoms with Gasteiger partial charge in [-0.2, -0.15) is 13.2 Å². The van der Waals surface area contributed by atoms with E-state index in [4.69, 9.17) is 9.15 Å². The van der Waals surface area contributed by atoms with Crippen molar-refractivity contribution in [2.24, 2.45) is 0 Å². The van der Waals surface area contributed by atoms with Gasteiger partial charge in [0, 0.05) is 11.1 Å². The van der Waals surface area contributed by atoms with E-state index in [1.165, 1.54) is 12.3 Å². The maximum atomic E-state index is 13.9. The second-order valence-corrected chi connectivity index (χ2v) is 5.27. The molecule has 2 nitrogen and oxygen atoms in total. The molecule has 3 rings (SSSR count). The number of furan rings is 1. The first-order valence-electron chi connectivity index (χ1n) is 7.15. The second kappa shape index (κ2) is 6.23. The monoisotopic (exact) mass is 354 g/mol. The van der Waals surface area contributed by atoms with Crippen LogP contribution >= 0.6 is 0 Å². The smallest absolute Gasteiger partial charge is 0.416 e. The molecule has 0 aliphatic heterocycles. The third-order valence-corrected chi connectivity index (χ3v) is 3.61. The van der Waals surface area contributed by atoms with Crippen molar-refractivity contribution in [1.29, 1.82) is 0 Å². The Labute approximate surface area is 139 Å². The van der Waals surface area contributed by atoms with Gasteiger partial charge in [0.25, 0.3) is 0 Å². The van der Waals surface area contributed by atoms with Gasteiger partial charge in [-0.3, -0.25) is 0 Å². The lowest BCUT2D eigenvalue weighted by atomic mass is 10.1. The van der Waals surface area contributed by atoms with Crippen LogP contribution in [0.1, 0.15) is 11.1 Å². The predicted octanol–water partition coefficient (Wildman–Crippen LogP) is 6.34. The standard InChI is InChI=1S/C18H11F5O2/c1-10-12(16-6-3-7-24-16)4-2-5-15(10)25-17-13(19)8-11(9-14(17)20)18(21,22)23/h2-9H,1H3. The number of alkyl halides is 3. The number of ether oxygens (including phenoxy) is 1. The van der Waals surface area contributed by atoms with Gasteiger partial charge in [0.2, 0.25) is 0 Å². The van der Waals surface area contributed by atoms with Gasteiger partial charge in [-0.25, -0.2) is 8.78 Å². The Kier molecular flexibility index (Phi) is 4.24. The first kappa shape index (κ1) is 17.0. The summed E-state index contributed by atoms with van der Waals surface area (Å²) < 4.78 is 76.2. The first-order valence-corrected chi connectivity index (χ1v) is 7.15. The fourth-order valence-corrected chi connectivity index (χ4v) is 2.35. The number of benzene rings is 2. The fraction of sp³-hybridized carbons (Fsp3) is 0.111. The minimum absolute atomic E-state index is 0.103. The Bertz CT molecular complexity index is 875. The van der Waals surface area contributed by atoms with Gasteiger partial charge in [-0.1, -0.05) is 12.1 Å². The zero-order chi connectivity index (χ0) is 18.2. The molecule has 0 saturated heterocycles. The molecule has 0 N–H and O–H groups in total. The molecular weight excluding hydrogens is 343 g/mol. The quantitative estimate of drug-likeness (QED) is 0.512. The summed E-state index contributed by atoms with van der Waals surface area (Å²) >= 11 is 0. The molecule has 0 spiro atoms. The van der Waals surface area contributed by atoms with Crippen LogP contribution in [0.3, 0.4) is 0 Å². The number of hydrogen-bond donors (Lipinski definition) is 0. The van der Waals surface area contributed by atoms with Crippen LogP contribution in [0.2, 0.25) is 0 Å². The molecule has 7 heteroatoms. The van der Waals surface area contributed by atoms with Crippen LogP contribution in [0.15, 0.2) is 53.1 Å². The van der Waals surface area contributed by atoms with E-state index in [1.807, 2.05) is 0 Å². The summed E-state index contributed by atoms with van der Waals surface area (Å²) in [5, 5.41) is 0. The molecule has 0 atom stereocenters. The molecule has 0 unspecified atom stereocenters. The van der Waals surface area contributed by atoms with Crippen molar-refractivity contribution in [2.75, 3.05) is 0 Å². The third kappa shape index (κ3) is 3.35. The molecule has 0 fully saturated rings. The highest BCUT2D eigenvalue weighted by Crippen LogP contribution is 2.38.